The zero-order chi connectivity index (χ0) is 17.0. The van der Waals surface area contributed by atoms with Crippen LogP contribution in [0.3, 0.4) is 0 Å². The monoisotopic (exact) mass is 337 g/mol. The van der Waals surface area contributed by atoms with Gasteiger partial charge in [-0.1, -0.05) is 6.07 Å². The normalized spacial score (nSPS) is 16.1. The van der Waals surface area contributed by atoms with Crippen molar-refractivity contribution in [2.45, 2.75) is 6.92 Å². The third-order valence-corrected chi connectivity index (χ3v) is 3.87. The van der Waals surface area contributed by atoms with Crippen LogP contribution >= 0.6 is 11.8 Å². The number of phenols is 1. The van der Waals surface area contributed by atoms with Crippen molar-refractivity contribution in [3.63, 3.8) is 0 Å². The second-order valence-corrected chi connectivity index (χ2v) is 5.50. The van der Waals surface area contributed by atoms with Crippen molar-refractivity contribution in [2.24, 2.45) is 0 Å². The summed E-state index contributed by atoms with van der Waals surface area (Å²) in [7, 11) is 1.43. The number of hydrogen-bond donors (Lipinski definition) is 1. The van der Waals surface area contributed by atoms with E-state index in [1.165, 1.54) is 19.3 Å². The number of methoxy groups -OCH3 is 1. The van der Waals surface area contributed by atoms with Gasteiger partial charge in [-0.3, -0.25) is 19.3 Å². The maximum Gasteiger partial charge on any atom is 0.326 e. The summed E-state index contributed by atoms with van der Waals surface area (Å²) in [6.45, 7) is 1.40. The van der Waals surface area contributed by atoms with Crippen LogP contribution in [0.2, 0.25) is 0 Å². The Bertz CT molecular complexity index is 685. The van der Waals surface area contributed by atoms with Crippen molar-refractivity contribution >= 4 is 35.0 Å². The molecule has 0 radical (unpaired) electrons. The van der Waals surface area contributed by atoms with E-state index in [0.29, 0.717) is 11.3 Å². The van der Waals surface area contributed by atoms with Crippen LogP contribution in [0.4, 0.5) is 4.79 Å². The maximum atomic E-state index is 12.2. The number of ether oxygens (including phenoxy) is 2. The number of esters is 1. The fraction of sp³-hybridized carbons (Fsp3) is 0.267. The number of carbonyl (C=O) groups excluding carboxylic acids is 3. The number of imide groups is 1. The van der Waals surface area contributed by atoms with Gasteiger partial charge in [0.15, 0.2) is 11.5 Å². The van der Waals surface area contributed by atoms with E-state index in [1.807, 2.05) is 0 Å². The van der Waals surface area contributed by atoms with Gasteiger partial charge in [-0.2, -0.15) is 0 Å². The van der Waals surface area contributed by atoms with E-state index >= 15 is 0 Å². The number of nitrogens with zero attached hydrogens (tertiary/aromatic N) is 1. The van der Waals surface area contributed by atoms with Crippen LogP contribution in [0, 0.1) is 0 Å². The highest BCUT2D eigenvalue weighted by molar-refractivity contribution is 8.18. The maximum absolute atomic E-state index is 12.2. The molecule has 1 aliphatic rings. The fourth-order valence-corrected chi connectivity index (χ4v) is 2.76. The number of phenolic OH excluding ortho intramolecular Hbond substituents is 1. The highest BCUT2D eigenvalue weighted by atomic mass is 32.2. The lowest BCUT2D eigenvalue weighted by atomic mass is 10.2. The van der Waals surface area contributed by atoms with Crippen molar-refractivity contribution in [3.8, 4) is 11.5 Å². The summed E-state index contributed by atoms with van der Waals surface area (Å²) in [5, 5.41) is 9.19. The molecule has 0 aromatic heterocycles. The van der Waals surface area contributed by atoms with Crippen molar-refractivity contribution in [1.29, 1.82) is 0 Å². The van der Waals surface area contributed by atoms with Gasteiger partial charge in [-0.05, 0) is 42.5 Å². The van der Waals surface area contributed by atoms with Gasteiger partial charge in [0.25, 0.3) is 11.1 Å². The summed E-state index contributed by atoms with van der Waals surface area (Å²) >= 11 is 0.730. The van der Waals surface area contributed by atoms with E-state index in [0.717, 1.165) is 16.7 Å². The Kier molecular flexibility index (Phi) is 5.28. The summed E-state index contributed by atoms with van der Waals surface area (Å²) in [5.41, 5.74) is 0.532. The highest BCUT2D eigenvalue weighted by Crippen LogP contribution is 2.33. The number of hydrogen-bond acceptors (Lipinski definition) is 7. The van der Waals surface area contributed by atoms with Gasteiger partial charge >= 0.3 is 5.97 Å². The quantitative estimate of drug-likeness (QED) is 0.649. The predicted octanol–water partition coefficient (Wildman–Crippen LogP) is 2.00. The molecule has 122 valence electrons. The smallest absolute Gasteiger partial charge is 0.326 e. The predicted molar refractivity (Wildman–Crippen MR) is 84.0 cm³/mol. The molecule has 1 N–H and O–H groups in total. The number of aromatic hydroxyl groups is 1. The van der Waals surface area contributed by atoms with Crippen molar-refractivity contribution in [1.82, 2.24) is 4.90 Å². The van der Waals surface area contributed by atoms with Crippen LogP contribution in [0.5, 0.6) is 11.5 Å². The lowest BCUT2D eigenvalue weighted by molar-refractivity contribution is -0.145. The van der Waals surface area contributed by atoms with E-state index in [9.17, 15) is 19.5 Å². The van der Waals surface area contributed by atoms with Crippen molar-refractivity contribution in [3.05, 3.63) is 28.7 Å². The molecule has 0 unspecified atom stereocenters. The van der Waals surface area contributed by atoms with Crippen molar-refractivity contribution in [2.75, 3.05) is 20.3 Å². The van der Waals surface area contributed by atoms with Crippen molar-refractivity contribution < 1.29 is 29.0 Å². The Morgan fingerprint density at radius 2 is 2.13 bits per heavy atom. The first-order valence-corrected chi connectivity index (χ1v) is 7.56. The second-order valence-electron chi connectivity index (χ2n) is 4.50. The number of benzene rings is 1. The van der Waals surface area contributed by atoms with E-state index in [2.05, 4.69) is 0 Å². The fourth-order valence-electron chi connectivity index (χ4n) is 1.92. The summed E-state index contributed by atoms with van der Waals surface area (Å²) in [6, 6.07) is 4.60. The second kappa shape index (κ2) is 7.19. The minimum absolute atomic E-state index is 0.0768. The molecule has 1 aromatic carbocycles. The van der Waals surface area contributed by atoms with Crippen LogP contribution in [-0.4, -0.2) is 47.4 Å². The summed E-state index contributed by atoms with van der Waals surface area (Å²) in [6.07, 6.45) is 1.47. The molecule has 1 aromatic rings. The molecule has 0 spiro atoms. The molecule has 1 saturated heterocycles. The number of thioether (sulfide) groups is 1. The van der Waals surface area contributed by atoms with Crippen LogP contribution in [-0.2, 0) is 14.3 Å². The summed E-state index contributed by atoms with van der Waals surface area (Å²) in [5.74, 6) is -0.980. The lowest BCUT2D eigenvalue weighted by Gasteiger charge is -2.10. The first-order valence-electron chi connectivity index (χ1n) is 6.74. The lowest BCUT2D eigenvalue weighted by Crippen LogP contribution is -2.34. The van der Waals surface area contributed by atoms with E-state index in [4.69, 9.17) is 9.47 Å². The molecule has 1 heterocycles. The molecule has 2 amide bonds. The molecule has 0 bridgehead atoms. The van der Waals surface area contributed by atoms with E-state index in [1.54, 1.807) is 19.1 Å². The molecule has 0 aliphatic carbocycles. The Labute approximate surface area is 136 Å². The van der Waals surface area contributed by atoms with Gasteiger partial charge in [0.05, 0.1) is 18.6 Å². The standard InChI is InChI=1S/C15H15NO6S/c1-3-22-13(18)8-16-14(19)12(23-15(16)20)7-9-4-5-11(21-2)10(17)6-9/h4-7,17H,3,8H2,1-2H3. The largest absolute Gasteiger partial charge is 0.504 e. The zero-order valence-corrected chi connectivity index (χ0v) is 13.4. The van der Waals surface area contributed by atoms with Crippen LogP contribution < -0.4 is 4.74 Å². The third-order valence-electron chi connectivity index (χ3n) is 2.97. The molecular formula is C15H15NO6S. The van der Waals surface area contributed by atoms with E-state index < -0.39 is 23.7 Å². The summed E-state index contributed by atoms with van der Waals surface area (Å²) in [4.78, 5) is 36.5. The minimum Gasteiger partial charge on any atom is -0.504 e. The zero-order valence-electron chi connectivity index (χ0n) is 12.6. The average Bonchev–Trinajstić information content (AvgIpc) is 2.75. The number of carbonyl (C=O) groups is 3. The van der Waals surface area contributed by atoms with Crippen LogP contribution in [0.25, 0.3) is 6.08 Å². The van der Waals surface area contributed by atoms with Gasteiger partial charge < -0.3 is 14.6 Å². The van der Waals surface area contributed by atoms with Gasteiger partial charge in [0.1, 0.15) is 6.54 Å². The molecule has 2 rings (SSSR count). The Hall–Kier alpha value is -2.48. The minimum atomic E-state index is -0.641. The number of rotatable bonds is 5. The van der Waals surface area contributed by atoms with Gasteiger partial charge in [-0.25, -0.2) is 0 Å². The first-order chi connectivity index (χ1) is 11.0. The third kappa shape index (κ3) is 3.84. The Morgan fingerprint density at radius 1 is 1.39 bits per heavy atom. The molecule has 0 saturated carbocycles. The molecule has 23 heavy (non-hydrogen) atoms. The molecule has 7 nitrogen and oxygen atoms in total. The van der Waals surface area contributed by atoms with Gasteiger partial charge in [0, 0.05) is 0 Å². The molecule has 1 fully saturated rings. The Balaban J connectivity index is 2.18. The molecular weight excluding hydrogens is 322 g/mol. The molecule has 0 atom stereocenters. The Morgan fingerprint density at radius 3 is 2.74 bits per heavy atom. The van der Waals surface area contributed by atoms with Crippen LogP contribution in [0.1, 0.15) is 12.5 Å². The van der Waals surface area contributed by atoms with Crippen LogP contribution in [0.15, 0.2) is 23.1 Å². The first kappa shape index (κ1) is 16.9. The SMILES string of the molecule is CCOC(=O)CN1C(=O)SC(=Cc2ccc(OC)c(O)c2)C1=O. The molecule has 1 aliphatic heterocycles. The average molecular weight is 337 g/mol. The molecule has 8 heteroatoms. The topological polar surface area (TPSA) is 93.1 Å². The highest BCUT2D eigenvalue weighted by Gasteiger charge is 2.36. The summed E-state index contributed by atoms with van der Waals surface area (Å²) < 4.78 is 9.67. The van der Waals surface area contributed by atoms with Gasteiger partial charge in [-0.15, -0.1) is 0 Å². The number of amides is 2. The van der Waals surface area contributed by atoms with E-state index in [-0.39, 0.29) is 17.3 Å². The van der Waals surface area contributed by atoms with Gasteiger partial charge in [0.2, 0.25) is 0 Å².